The molecule has 0 aromatic rings. The minimum absolute atomic E-state index is 0. The van der Waals surface area contributed by atoms with E-state index >= 15 is 0 Å². The van der Waals surface area contributed by atoms with Crippen molar-refractivity contribution in [2.75, 3.05) is 0 Å². The first-order valence-electron chi connectivity index (χ1n) is 0.228. The van der Waals surface area contributed by atoms with E-state index in [1.54, 1.807) is 8.46 Å². The summed E-state index contributed by atoms with van der Waals surface area (Å²) in [6.45, 7) is 0. The summed E-state index contributed by atoms with van der Waals surface area (Å²) >= 11 is 4.36. The summed E-state index contributed by atoms with van der Waals surface area (Å²) in [5.74, 6) is 0. The van der Waals surface area contributed by atoms with Crippen LogP contribution in [-0.2, 0) is 8.46 Å². The number of rotatable bonds is 0. The van der Waals surface area contributed by atoms with Crippen LogP contribution in [0.5, 0.6) is 0 Å². The van der Waals surface area contributed by atoms with Crippen molar-refractivity contribution in [3.05, 3.63) is 0 Å². The first-order chi connectivity index (χ1) is 1.41. The van der Waals surface area contributed by atoms with Gasteiger partial charge in [-0.25, -0.2) is 0 Å². The Morgan fingerprint density at radius 2 is 1.50 bits per heavy atom. The zero-order chi connectivity index (χ0) is 2.71. The van der Waals surface area contributed by atoms with Crippen molar-refractivity contribution >= 4 is 40.7 Å². The Morgan fingerprint density at radius 1 is 1.50 bits per heavy atom. The molecule has 0 radical (unpaired) electrons. The largest absolute Gasteiger partial charge is 1.00 e. The van der Waals surface area contributed by atoms with Gasteiger partial charge in [-0.3, -0.25) is 0 Å². The van der Waals surface area contributed by atoms with E-state index in [-0.39, 0.29) is 20.3 Å². The fraction of sp³-hybridized carbons (Fsp3) is 0. The summed E-state index contributed by atoms with van der Waals surface area (Å²) in [6, 6.07) is 0. The van der Waals surface area contributed by atoms with Crippen LogP contribution in [-0.4, -0.2) is 0 Å². The Kier molecular flexibility index (Phi) is 22.3. The van der Waals surface area contributed by atoms with Crippen molar-refractivity contribution in [3.63, 3.8) is 0 Å². The van der Waals surface area contributed by atoms with Crippen molar-refractivity contribution < 1.29 is 28.7 Å². The van der Waals surface area contributed by atoms with Crippen molar-refractivity contribution in [2.24, 2.45) is 0 Å². The average Bonchev–Trinajstić information content (AvgIpc) is 0.918. The zero-order valence-electron chi connectivity index (χ0n) is 3.06. The maximum Gasteiger partial charge on any atom is 1.00 e. The van der Waals surface area contributed by atoms with Crippen LogP contribution < -0.4 is 18.9 Å². The molecule has 0 fully saturated rings. The molecule has 27 valence electrons. The molecule has 0 saturated carbocycles. The van der Waals surface area contributed by atoms with Crippen LogP contribution in [0.3, 0.4) is 0 Å². The van der Waals surface area contributed by atoms with Gasteiger partial charge in [0, 0.05) is 0 Å². The van der Waals surface area contributed by atoms with Crippen LogP contribution in [0.15, 0.2) is 0 Å². The summed E-state index contributed by atoms with van der Waals surface area (Å²) in [6.07, 6.45) is 0. The molecule has 0 heterocycles. The second-order valence-electron chi connectivity index (χ2n) is 0.0431. The molecule has 0 aliphatic carbocycles. The van der Waals surface area contributed by atoms with Gasteiger partial charge >= 0.3 is 68.0 Å². The van der Waals surface area contributed by atoms with Crippen LogP contribution in [0, 0.1) is 0 Å². The standard InChI is InChI=1S/Cu.2HI.Li.H/h;2*1H;;/q+2;;;+1;-1/p-2. The molecule has 0 nitrogen and oxygen atoms in total. The molecule has 0 saturated heterocycles. The first-order valence-corrected chi connectivity index (χ1v) is 6.30. The summed E-state index contributed by atoms with van der Waals surface area (Å²) in [7, 11) is 1.75. The number of hydrogen-bond acceptors (Lipinski definition) is 0. The van der Waals surface area contributed by atoms with Gasteiger partial charge in [0.1, 0.15) is 0 Å². The van der Waals surface area contributed by atoms with Crippen molar-refractivity contribution in [3.8, 4) is 0 Å². The van der Waals surface area contributed by atoms with Crippen molar-refractivity contribution in [1.82, 2.24) is 0 Å². The molecule has 0 unspecified atom stereocenters. The summed E-state index contributed by atoms with van der Waals surface area (Å²) in [5.41, 5.74) is 0. The average molecular weight is 325 g/mol. The van der Waals surface area contributed by atoms with Gasteiger partial charge in [-0.05, 0) is 0 Å². The van der Waals surface area contributed by atoms with Gasteiger partial charge in [0.25, 0.3) is 0 Å². The summed E-state index contributed by atoms with van der Waals surface area (Å²) in [4.78, 5) is 0. The SMILES string of the molecule is [H-].[I][Cu][I].[Li+]. The van der Waals surface area contributed by atoms with Crippen LogP contribution >= 0.6 is 40.7 Å². The molecular formula is HCuI2Li. The second-order valence-corrected chi connectivity index (χ2v) is 7.99. The van der Waals surface area contributed by atoms with Gasteiger partial charge in [0.2, 0.25) is 0 Å². The van der Waals surface area contributed by atoms with Crippen LogP contribution in [0.25, 0.3) is 0 Å². The van der Waals surface area contributed by atoms with E-state index in [4.69, 9.17) is 0 Å². The summed E-state index contributed by atoms with van der Waals surface area (Å²) in [5, 5.41) is 0. The molecule has 0 aliphatic rings. The Labute approximate surface area is 68.2 Å². The van der Waals surface area contributed by atoms with Gasteiger partial charge in [-0.2, -0.15) is 0 Å². The van der Waals surface area contributed by atoms with Crippen LogP contribution in [0.2, 0.25) is 0 Å². The normalized spacial score (nSPS) is 5.50. The fourth-order valence-corrected chi connectivity index (χ4v) is 0. The molecule has 4 heteroatoms. The molecule has 0 spiro atoms. The molecule has 0 N–H and O–H groups in total. The van der Waals surface area contributed by atoms with E-state index in [1.165, 1.54) is 0 Å². The molecule has 0 aromatic heterocycles. The van der Waals surface area contributed by atoms with E-state index in [0.29, 0.717) is 0 Å². The zero-order valence-corrected chi connectivity index (χ0v) is 7.31. The maximum absolute atomic E-state index is 2.18. The van der Waals surface area contributed by atoms with Crippen LogP contribution in [0.1, 0.15) is 1.43 Å². The third-order valence-corrected chi connectivity index (χ3v) is 0. The second kappa shape index (κ2) is 9.13. The third kappa shape index (κ3) is 8.82. The molecule has 0 aliphatic heterocycles. The van der Waals surface area contributed by atoms with Gasteiger partial charge in [0.15, 0.2) is 0 Å². The van der Waals surface area contributed by atoms with E-state index in [2.05, 4.69) is 40.7 Å². The maximum atomic E-state index is 2.18. The van der Waals surface area contributed by atoms with Gasteiger partial charge < -0.3 is 1.43 Å². The predicted molar refractivity (Wildman–Crippen MR) is 29.2 cm³/mol. The molecule has 0 amide bonds. The third-order valence-electron chi connectivity index (χ3n) is 0. The molecule has 0 bridgehead atoms. The minimum Gasteiger partial charge on any atom is 1.00 e. The molecule has 0 atom stereocenters. The van der Waals surface area contributed by atoms with Gasteiger partial charge in [0.05, 0.1) is 0 Å². The topological polar surface area (TPSA) is 0 Å². The molecule has 4 heavy (non-hydrogen) atoms. The minimum atomic E-state index is 0. The Hall–Kier alpha value is 2.58. The van der Waals surface area contributed by atoms with Crippen molar-refractivity contribution in [1.29, 1.82) is 0 Å². The smallest absolute Gasteiger partial charge is 1.00 e. The first kappa shape index (κ1) is 9.76. The molecular weight excluding hydrogens is 324 g/mol. The molecule has 0 rings (SSSR count). The van der Waals surface area contributed by atoms with E-state index in [9.17, 15) is 0 Å². The quantitative estimate of drug-likeness (QED) is 0.391. The number of halogens is 2. The van der Waals surface area contributed by atoms with Gasteiger partial charge in [-0.15, -0.1) is 0 Å². The van der Waals surface area contributed by atoms with E-state index < -0.39 is 0 Å². The predicted octanol–water partition coefficient (Wildman–Crippen LogP) is -1.11. The van der Waals surface area contributed by atoms with E-state index in [1.807, 2.05) is 0 Å². The monoisotopic (exact) mass is 325 g/mol. The van der Waals surface area contributed by atoms with Gasteiger partial charge in [-0.1, -0.05) is 0 Å². The Bertz CT molecular complexity index is 9.61. The Balaban J connectivity index is -0.0000000200. The Morgan fingerprint density at radius 3 is 1.50 bits per heavy atom. The molecule has 0 aromatic carbocycles. The fourth-order valence-electron chi connectivity index (χ4n) is 0. The number of hydrogen-bond donors (Lipinski definition) is 0. The van der Waals surface area contributed by atoms with Crippen molar-refractivity contribution in [2.45, 2.75) is 0 Å². The van der Waals surface area contributed by atoms with E-state index in [0.717, 1.165) is 0 Å². The van der Waals surface area contributed by atoms with Crippen LogP contribution in [0.4, 0.5) is 0 Å². The summed E-state index contributed by atoms with van der Waals surface area (Å²) < 4.78 is 0.